The highest BCUT2D eigenvalue weighted by Crippen LogP contribution is 2.39. The topological polar surface area (TPSA) is 32.8 Å². The quantitative estimate of drug-likeness (QED) is 0.854. The van der Waals surface area contributed by atoms with Crippen molar-refractivity contribution in [3.05, 3.63) is 53.6 Å². The van der Waals surface area contributed by atoms with Crippen molar-refractivity contribution in [2.45, 2.75) is 12.8 Å². The van der Waals surface area contributed by atoms with Gasteiger partial charge >= 0.3 is 0 Å². The molecule has 2 aromatic carbocycles. The highest BCUT2D eigenvalue weighted by molar-refractivity contribution is 6.08. The number of carbonyl (C=O) groups excluding carboxylic acids is 1. The van der Waals surface area contributed by atoms with Crippen molar-refractivity contribution in [3.63, 3.8) is 0 Å². The molecule has 0 unspecified atom stereocenters. The van der Waals surface area contributed by atoms with Gasteiger partial charge in [0.2, 0.25) is 0 Å². The van der Waals surface area contributed by atoms with E-state index in [1.165, 1.54) is 17.7 Å². The largest absolute Gasteiger partial charge is 0.497 e. The zero-order valence-corrected chi connectivity index (χ0v) is 13.3. The lowest BCUT2D eigenvalue weighted by Gasteiger charge is -2.41. The molecule has 0 aliphatic carbocycles. The Morgan fingerprint density at radius 1 is 1.09 bits per heavy atom. The zero-order chi connectivity index (χ0) is 15.8. The highest BCUT2D eigenvalue weighted by atomic mass is 16.5. The second-order valence-electron chi connectivity index (χ2n) is 6.06. The summed E-state index contributed by atoms with van der Waals surface area (Å²) < 4.78 is 5.25. The van der Waals surface area contributed by atoms with Gasteiger partial charge in [-0.1, -0.05) is 18.2 Å². The summed E-state index contributed by atoms with van der Waals surface area (Å²) in [5.74, 6) is 0.757. The maximum absolute atomic E-state index is 13.0. The van der Waals surface area contributed by atoms with E-state index in [1.807, 2.05) is 29.2 Å². The fourth-order valence-electron chi connectivity index (χ4n) is 3.62. The number of carbonyl (C=O) groups is 1. The predicted molar refractivity (Wildman–Crippen MR) is 91.6 cm³/mol. The van der Waals surface area contributed by atoms with Gasteiger partial charge in [0.1, 0.15) is 5.75 Å². The summed E-state index contributed by atoms with van der Waals surface area (Å²) in [6.45, 7) is 2.72. The number of rotatable bonds is 2. The SMILES string of the molecule is COc1cccc(C(=O)N2CCN3CCCc4cccc2c43)c1. The van der Waals surface area contributed by atoms with Crippen LogP contribution in [0, 0.1) is 0 Å². The lowest BCUT2D eigenvalue weighted by molar-refractivity contribution is 0.0986. The minimum atomic E-state index is 0.0440. The van der Waals surface area contributed by atoms with Crippen LogP contribution in [0.5, 0.6) is 5.75 Å². The minimum Gasteiger partial charge on any atom is -0.497 e. The number of aryl methyl sites for hydroxylation is 1. The summed E-state index contributed by atoms with van der Waals surface area (Å²) in [5.41, 5.74) is 4.32. The Balaban J connectivity index is 1.74. The number of benzene rings is 2. The molecule has 2 aliphatic rings. The van der Waals surface area contributed by atoms with Gasteiger partial charge in [0.25, 0.3) is 5.91 Å². The van der Waals surface area contributed by atoms with Crippen LogP contribution >= 0.6 is 0 Å². The summed E-state index contributed by atoms with van der Waals surface area (Å²) in [6, 6.07) is 13.7. The van der Waals surface area contributed by atoms with Gasteiger partial charge in [-0.15, -0.1) is 0 Å². The lowest BCUT2D eigenvalue weighted by Crippen LogP contribution is -2.46. The number of amides is 1. The van der Waals surface area contributed by atoms with E-state index in [0.29, 0.717) is 11.3 Å². The Hall–Kier alpha value is -2.49. The van der Waals surface area contributed by atoms with Crippen molar-refractivity contribution in [1.82, 2.24) is 0 Å². The highest BCUT2D eigenvalue weighted by Gasteiger charge is 2.30. The first kappa shape index (κ1) is 14.1. The zero-order valence-electron chi connectivity index (χ0n) is 13.3. The smallest absolute Gasteiger partial charge is 0.258 e. The molecular weight excluding hydrogens is 288 g/mol. The number of ether oxygens (including phenoxy) is 1. The Kier molecular flexibility index (Phi) is 3.45. The van der Waals surface area contributed by atoms with Gasteiger partial charge in [-0.2, -0.15) is 0 Å². The number of methoxy groups -OCH3 is 1. The molecule has 0 radical (unpaired) electrons. The Morgan fingerprint density at radius 3 is 2.83 bits per heavy atom. The van der Waals surface area contributed by atoms with E-state index in [0.717, 1.165) is 31.7 Å². The average molecular weight is 308 g/mol. The first-order valence-electron chi connectivity index (χ1n) is 8.10. The van der Waals surface area contributed by atoms with Crippen LogP contribution in [0.25, 0.3) is 0 Å². The summed E-state index contributed by atoms with van der Waals surface area (Å²) >= 11 is 0. The van der Waals surface area contributed by atoms with Gasteiger partial charge in [0, 0.05) is 25.2 Å². The van der Waals surface area contributed by atoms with E-state index >= 15 is 0 Å². The normalized spacial score (nSPS) is 16.0. The van der Waals surface area contributed by atoms with Gasteiger partial charge in [0.05, 0.1) is 18.5 Å². The fraction of sp³-hybridized carbons (Fsp3) is 0.316. The van der Waals surface area contributed by atoms with Gasteiger partial charge in [0.15, 0.2) is 0 Å². The molecule has 0 N–H and O–H groups in total. The number of para-hydroxylation sites is 1. The van der Waals surface area contributed by atoms with E-state index in [1.54, 1.807) is 7.11 Å². The molecule has 0 spiro atoms. The van der Waals surface area contributed by atoms with Crippen LogP contribution in [-0.2, 0) is 6.42 Å². The third-order valence-corrected chi connectivity index (χ3v) is 4.73. The Morgan fingerprint density at radius 2 is 1.96 bits per heavy atom. The van der Waals surface area contributed by atoms with Crippen molar-refractivity contribution in [2.75, 3.05) is 36.5 Å². The third-order valence-electron chi connectivity index (χ3n) is 4.73. The molecule has 1 amide bonds. The van der Waals surface area contributed by atoms with Crippen molar-refractivity contribution >= 4 is 17.3 Å². The molecule has 0 bridgehead atoms. The van der Waals surface area contributed by atoms with Crippen LogP contribution in [0.4, 0.5) is 11.4 Å². The van der Waals surface area contributed by atoms with Crippen LogP contribution in [0.2, 0.25) is 0 Å². The van der Waals surface area contributed by atoms with Crippen LogP contribution in [-0.4, -0.2) is 32.7 Å². The standard InChI is InChI=1S/C19H20N2O2/c1-23-16-8-2-6-15(13-16)19(22)21-12-11-20-10-4-7-14-5-3-9-17(21)18(14)20/h2-3,5-6,8-9,13H,4,7,10-12H2,1H3. The number of nitrogens with zero attached hydrogens (tertiary/aromatic N) is 2. The molecule has 0 saturated heterocycles. The number of hydrogen-bond acceptors (Lipinski definition) is 3. The van der Waals surface area contributed by atoms with Crippen molar-refractivity contribution in [3.8, 4) is 5.75 Å². The van der Waals surface area contributed by atoms with Crippen molar-refractivity contribution in [1.29, 1.82) is 0 Å². The monoisotopic (exact) mass is 308 g/mol. The molecule has 118 valence electrons. The molecule has 0 aromatic heterocycles. The molecule has 23 heavy (non-hydrogen) atoms. The van der Waals surface area contributed by atoms with E-state index in [9.17, 15) is 4.79 Å². The molecule has 4 heteroatoms. The van der Waals surface area contributed by atoms with Crippen molar-refractivity contribution < 1.29 is 9.53 Å². The second kappa shape index (κ2) is 5.61. The summed E-state index contributed by atoms with van der Waals surface area (Å²) in [5, 5.41) is 0. The molecule has 0 saturated carbocycles. The van der Waals surface area contributed by atoms with Crippen LogP contribution in [0.3, 0.4) is 0 Å². The third kappa shape index (κ3) is 2.34. The predicted octanol–water partition coefficient (Wildman–Crippen LogP) is 3.11. The molecule has 0 atom stereocenters. The summed E-state index contributed by atoms with van der Waals surface area (Å²) in [6.07, 6.45) is 2.29. The van der Waals surface area contributed by atoms with Gasteiger partial charge in [-0.3, -0.25) is 4.79 Å². The van der Waals surface area contributed by atoms with E-state index in [-0.39, 0.29) is 5.91 Å². The summed E-state index contributed by atoms with van der Waals surface area (Å²) in [7, 11) is 1.62. The van der Waals surface area contributed by atoms with Gasteiger partial charge < -0.3 is 14.5 Å². The lowest BCUT2D eigenvalue weighted by atomic mass is 9.97. The average Bonchev–Trinajstić information content (AvgIpc) is 2.62. The first-order chi connectivity index (χ1) is 11.3. The second-order valence-corrected chi connectivity index (χ2v) is 6.06. The van der Waals surface area contributed by atoms with Crippen LogP contribution < -0.4 is 14.5 Å². The maximum Gasteiger partial charge on any atom is 0.258 e. The van der Waals surface area contributed by atoms with Crippen molar-refractivity contribution in [2.24, 2.45) is 0 Å². The van der Waals surface area contributed by atoms with Gasteiger partial charge in [-0.05, 0) is 42.7 Å². The fourth-order valence-corrected chi connectivity index (χ4v) is 3.62. The molecule has 2 heterocycles. The summed E-state index contributed by atoms with van der Waals surface area (Å²) in [4.78, 5) is 17.3. The van der Waals surface area contributed by atoms with Crippen LogP contribution in [0.15, 0.2) is 42.5 Å². The van der Waals surface area contributed by atoms with E-state index < -0.39 is 0 Å². The molecule has 2 aromatic rings. The molecule has 2 aliphatic heterocycles. The Bertz CT molecular complexity index is 757. The number of hydrogen-bond donors (Lipinski definition) is 0. The van der Waals surface area contributed by atoms with Gasteiger partial charge in [-0.25, -0.2) is 0 Å². The number of anilines is 2. The molecule has 4 nitrogen and oxygen atoms in total. The van der Waals surface area contributed by atoms with E-state index in [2.05, 4.69) is 23.1 Å². The molecular formula is C19H20N2O2. The van der Waals surface area contributed by atoms with E-state index in [4.69, 9.17) is 4.74 Å². The first-order valence-corrected chi connectivity index (χ1v) is 8.10. The Labute approximate surface area is 136 Å². The molecule has 0 fully saturated rings. The molecule has 4 rings (SSSR count). The minimum absolute atomic E-state index is 0.0440. The maximum atomic E-state index is 13.0. The van der Waals surface area contributed by atoms with Crippen LogP contribution in [0.1, 0.15) is 22.3 Å².